The van der Waals surface area contributed by atoms with Gasteiger partial charge in [0.25, 0.3) is 11.8 Å². The Hall–Kier alpha value is -3.59. The first-order chi connectivity index (χ1) is 14.2. The van der Waals surface area contributed by atoms with Crippen LogP contribution in [-0.4, -0.2) is 39.9 Å². The van der Waals surface area contributed by atoms with E-state index < -0.39 is 29.7 Å². The number of benzene rings is 2. The fraction of sp³-hybridized carbons (Fsp3) is 0.200. The molecule has 30 heavy (non-hydrogen) atoms. The molecule has 2 rings (SSSR count). The highest BCUT2D eigenvalue weighted by Gasteiger charge is 2.23. The summed E-state index contributed by atoms with van der Waals surface area (Å²) in [5, 5.41) is 23.5. The molecule has 1 atom stereocenters. The van der Waals surface area contributed by atoms with Gasteiger partial charge in [-0.15, -0.1) is 0 Å². The minimum atomic E-state index is -1.32. The summed E-state index contributed by atoms with van der Waals surface area (Å²) in [5.41, 5.74) is 5.87. The number of phenolic OH excluding ortho intramolecular Hbond substituents is 1. The number of aromatic hydroxyl groups is 1. The largest absolute Gasteiger partial charge is 0.508 e. The van der Waals surface area contributed by atoms with Crippen molar-refractivity contribution >= 4 is 35.3 Å². The van der Waals surface area contributed by atoms with Crippen LogP contribution in [0.3, 0.4) is 0 Å². The SMILES string of the molecule is NC(=O)CC[C@H](NC(=O)c1ccc(C(=O)NCc2cccc(O)c2)cc1Cl)C(=O)O. The van der Waals surface area contributed by atoms with Gasteiger partial charge in [-0.2, -0.15) is 0 Å². The van der Waals surface area contributed by atoms with Crippen molar-refractivity contribution < 1.29 is 29.4 Å². The lowest BCUT2D eigenvalue weighted by Gasteiger charge is -2.14. The fourth-order valence-corrected chi connectivity index (χ4v) is 2.84. The molecule has 0 aromatic heterocycles. The van der Waals surface area contributed by atoms with E-state index in [9.17, 15) is 24.3 Å². The smallest absolute Gasteiger partial charge is 0.326 e. The van der Waals surface area contributed by atoms with Gasteiger partial charge in [0, 0.05) is 18.5 Å². The topological polar surface area (TPSA) is 159 Å². The third-order valence-corrected chi connectivity index (χ3v) is 4.44. The zero-order valence-electron chi connectivity index (χ0n) is 15.7. The number of amides is 3. The van der Waals surface area contributed by atoms with Crippen molar-refractivity contribution in [3.05, 3.63) is 64.2 Å². The normalized spacial score (nSPS) is 11.4. The number of carbonyl (C=O) groups excluding carboxylic acids is 3. The molecular weight excluding hydrogens is 414 g/mol. The Morgan fingerprint density at radius 2 is 1.80 bits per heavy atom. The molecule has 0 heterocycles. The molecule has 2 aromatic carbocycles. The highest BCUT2D eigenvalue weighted by Crippen LogP contribution is 2.19. The van der Waals surface area contributed by atoms with Crippen molar-refractivity contribution in [2.45, 2.75) is 25.4 Å². The summed E-state index contributed by atoms with van der Waals surface area (Å²) >= 11 is 6.10. The summed E-state index contributed by atoms with van der Waals surface area (Å²) in [6, 6.07) is 9.05. The van der Waals surface area contributed by atoms with Crippen molar-refractivity contribution in [2.75, 3.05) is 0 Å². The number of rotatable bonds is 9. The molecule has 0 spiro atoms. The lowest BCUT2D eigenvalue weighted by molar-refractivity contribution is -0.139. The van der Waals surface area contributed by atoms with Crippen molar-refractivity contribution in [2.24, 2.45) is 5.73 Å². The average Bonchev–Trinajstić information content (AvgIpc) is 2.68. The van der Waals surface area contributed by atoms with Crippen molar-refractivity contribution in [1.82, 2.24) is 10.6 Å². The number of hydrogen-bond acceptors (Lipinski definition) is 5. The highest BCUT2D eigenvalue weighted by atomic mass is 35.5. The number of carboxylic acid groups (broad SMARTS) is 1. The Morgan fingerprint density at radius 1 is 1.07 bits per heavy atom. The summed E-state index contributed by atoms with van der Waals surface area (Å²) in [7, 11) is 0. The number of nitrogens with one attached hydrogen (secondary N) is 2. The predicted octanol–water partition coefficient (Wildman–Crippen LogP) is 1.42. The van der Waals surface area contributed by atoms with Crippen LogP contribution in [0, 0.1) is 0 Å². The first kappa shape index (κ1) is 22.7. The second kappa shape index (κ2) is 10.3. The standard InChI is InChI=1S/C20H20ClN3O6/c21-15-9-12(18(27)23-10-11-2-1-3-13(25)8-11)4-5-14(15)19(28)24-16(20(29)30)6-7-17(22)26/h1-5,8-9,16,25H,6-7,10H2,(H2,22,26)(H,23,27)(H,24,28)(H,29,30)/t16-/m0/s1. The van der Waals surface area contributed by atoms with Crippen molar-refractivity contribution in [1.29, 1.82) is 0 Å². The first-order valence-corrected chi connectivity index (χ1v) is 9.22. The molecule has 0 aliphatic carbocycles. The second-order valence-electron chi connectivity index (χ2n) is 6.42. The van der Waals surface area contributed by atoms with Gasteiger partial charge in [0.05, 0.1) is 10.6 Å². The fourth-order valence-electron chi connectivity index (χ4n) is 2.57. The molecule has 0 unspecified atom stereocenters. The van der Waals surface area contributed by atoms with E-state index in [-0.39, 0.29) is 41.3 Å². The van der Waals surface area contributed by atoms with E-state index in [1.54, 1.807) is 12.1 Å². The monoisotopic (exact) mass is 433 g/mol. The van der Waals surface area contributed by atoms with Crippen LogP contribution >= 0.6 is 11.6 Å². The van der Waals surface area contributed by atoms with E-state index in [1.807, 2.05) is 0 Å². The van der Waals surface area contributed by atoms with Gasteiger partial charge in [0.2, 0.25) is 5.91 Å². The summed E-state index contributed by atoms with van der Waals surface area (Å²) in [6.07, 6.45) is -0.368. The number of nitrogens with two attached hydrogens (primary N) is 1. The molecule has 3 amide bonds. The summed E-state index contributed by atoms with van der Waals surface area (Å²) in [4.78, 5) is 46.7. The number of carboxylic acids is 1. The van der Waals surface area contributed by atoms with E-state index in [2.05, 4.69) is 10.6 Å². The van der Waals surface area contributed by atoms with Crippen LogP contribution in [-0.2, 0) is 16.1 Å². The quantitative estimate of drug-likeness (QED) is 0.402. The molecule has 0 fully saturated rings. The highest BCUT2D eigenvalue weighted by molar-refractivity contribution is 6.34. The molecule has 0 aliphatic rings. The Balaban J connectivity index is 2.04. The van der Waals surface area contributed by atoms with Crippen LogP contribution in [0.25, 0.3) is 0 Å². The number of aliphatic carboxylic acids is 1. The Labute approximate surface area is 176 Å². The lowest BCUT2D eigenvalue weighted by atomic mass is 10.1. The van der Waals surface area contributed by atoms with Gasteiger partial charge in [-0.05, 0) is 42.3 Å². The van der Waals surface area contributed by atoms with Crippen LogP contribution in [0.5, 0.6) is 5.75 Å². The maximum absolute atomic E-state index is 12.3. The average molecular weight is 434 g/mol. The van der Waals surface area contributed by atoms with Gasteiger partial charge in [-0.25, -0.2) is 4.79 Å². The van der Waals surface area contributed by atoms with Crippen LogP contribution in [0.2, 0.25) is 5.02 Å². The van der Waals surface area contributed by atoms with E-state index >= 15 is 0 Å². The third-order valence-electron chi connectivity index (χ3n) is 4.12. The van der Waals surface area contributed by atoms with Gasteiger partial charge >= 0.3 is 5.97 Å². The second-order valence-corrected chi connectivity index (χ2v) is 6.82. The minimum Gasteiger partial charge on any atom is -0.508 e. The Kier molecular flexibility index (Phi) is 7.76. The molecule has 0 saturated carbocycles. The molecule has 0 aliphatic heterocycles. The maximum atomic E-state index is 12.3. The van der Waals surface area contributed by atoms with Crippen molar-refractivity contribution in [3.63, 3.8) is 0 Å². The summed E-state index contributed by atoms with van der Waals surface area (Å²) < 4.78 is 0. The first-order valence-electron chi connectivity index (χ1n) is 8.85. The number of carbonyl (C=O) groups is 4. The molecule has 158 valence electrons. The van der Waals surface area contributed by atoms with Gasteiger partial charge < -0.3 is 26.6 Å². The van der Waals surface area contributed by atoms with Gasteiger partial charge in [-0.1, -0.05) is 23.7 Å². The number of hydrogen-bond donors (Lipinski definition) is 5. The molecule has 0 saturated heterocycles. The molecule has 6 N–H and O–H groups in total. The maximum Gasteiger partial charge on any atom is 0.326 e. The zero-order valence-corrected chi connectivity index (χ0v) is 16.5. The number of phenols is 1. The van der Waals surface area contributed by atoms with Gasteiger partial charge in [0.1, 0.15) is 11.8 Å². The third kappa shape index (κ3) is 6.49. The van der Waals surface area contributed by atoms with E-state index in [0.29, 0.717) is 5.56 Å². The predicted molar refractivity (Wildman–Crippen MR) is 108 cm³/mol. The minimum absolute atomic E-state index is 0.0217. The molecule has 0 radical (unpaired) electrons. The van der Waals surface area contributed by atoms with Crippen LogP contribution in [0.1, 0.15) is 39.1 Å². The van der Waals surface area contributed by atoms with Crippen LogP contribution < -0.4 is 16.4 Å². The molecule has 9 nitrogen and oxygen atoms in total. The molecule has 10 heteroatoms. The Morgan fingerprint density at radius 3 is 2.40 bits per heavy atom. The zero-order chi connectivity index (χ0) is 22.3. The van der Waals surface area contributed by atoms with Gasteiger partial charge in [0.15, 0.2) is 0 Å². The molecule has 0 bridgehead atoms. The molecular formula is C20H20ClN3O6. The number of primary amides is 1. The van der Waals surface area contributed by atoms with E-state index in [0.717, 1.165) is 0 Å². The number of halogens is 1. The van der Waals surface area contributed by atoms with Crippen LogP contribution in [0.15, 0.2) is 42.5 Å². The Bertz CT molecular complexity index is 979. The van der Waals surface area contributed by atoms with Gasteiger partial charge in [-0.3, -0.25) is 14.4 Å². The van der Waals surface area contributed by atoms with Crippen molar-refractivity contribution in [3.8, 4) is 5.75 Å². The summed E-state index contributed by atoms with van der Waals surface area (Å²) in [5.74, 6) is -3.13. The molecule has 2 aromatic rings. The summed E-state index contributed by atoms with van der Waals surface area (Å²) in [6.45, 7) is 0.174. The van der Waals surface area contributed by atoms with E-state index in [4.69, 9.17) is 22.4 Å². The lowest BCUT2D eigenvalue weighted by Crippen LogP contribution is -2.41. The van der Waals surface area contributed by atoms with E-state index in [1.165, 1.54) is 30.3 Å². The van der Waals surface area contributed by atoms with Crippen LogP contribution in [0.4, 0.5) is 0 Å².